The van der Waals surface area contributed by atoms with Crippen LogP contribution in [0.1, 0.15) is 11.5 Å². The van der Waals surface area contributed by atoms with E-state index in [4.69, 9.17) is 9.97 Å². The van der Waals surface area contributed by atoms with Crippen LogP contribution < -0.4 is 0 Å². The summed E-state index contributed by atoms with van der Waals surface area (Å²) in [5, 5.41) is 6.08. The predicted octanol–water partition coefficient (Wildman–Crippen LogP) is 6.21. The van der Waals surface area contributed by atoms with Crippen LogP contribution in [0.4, 0.5) is 0 Å². The summed E-state index contributed by atoms with van der Waals surface area (Å²) >= 11 is 0. The maximum absolute atomic E-state index is 5.01. The second kappa shape index (κ2) is 6.67. The van der Waals surface area contributed by atoms with Crippen molar-refractivity contribution in [1.29, 1.82) is 0 Å². The molecule has 2 heterocycles. The molecule has 0 radical (unpaired) electrons. The van der Waals surface area contributed by atoms with E-state index in [1.807, 2.05) is 0 Å². The molecule has 0 atom stereocenters. The summed E-state index contributed by atoms with van der Waals surface area (Å²) in [4.78, 5) is 10.0. The average molecular weight is 387 g/mol. The number of rotatable bonds is 3. The van der Waals surface area contributed by atoms with Gasteiger partial charge in [-0.3, -0.25) is 4.98 Å². The van der Waals surface area contributed by atoms with Crippen molar-refractivity contribution in [3.63, 3.8) is 0 Å². The smallest absolute Gasteiger partial charge is 0.110 e. The topological polar surface area (TPSA) is 30.7 Å². The highest BCUT2D eigenvalue weighted by Gasteiger charge is 2.11. The number of hydrogen-bond donors (Lipinski definition) is 0. The Hall–Kier alpha value is -3.72. The number of benzene rings is 4. The van der Waals surface area contributed by atoms with Gasteiger partial charge in [0.1, 0.15) is 5.82 Å². The fourth-order valence-corrected chi connectivity index (χ4v) is 4.48. The van der Waals surface area contributed by atoms with E-state index in [0.29, 0.717) is 0 Å². The Bertz CT molecular complexity index is 1560. The maximum Gasteiger partial charge on any atom is 0.110 e. The van der Waals surface area contributed by atoms with E-state index in [1.165, 1.54) is 32.4 Å². The molecule has 3 heteroatoms. The van der Waals surface area contributed by atoms with Crippen LogP contribution in [0, 0.1) is 0 Å². The molecule has 30 heavy (non-hydrogen) atoms. The molecule has 0 fully saturated rings. The first kappa shape index (κ1) is 17.2. The molecule has 0 bridgehead atoms. The highest BCUT2D eigenvalue weighted by molar-refractivity contribution is 6.05. The average Bonchev–Trinajstić information content (AvgIpc) is 3.13. The molecule has 0 aliphatic rings. The summed E-state index contributed by atoms with van der Waals surface area (Å²) in [5.74, 6) is 1.10. The van der Waals surface area contributed by atoms with Crippen LogP contribution in [0.3, 0.4) is 0 Å². The largest absolute Gasteiger partial charge is 0.331 e. The molecule has 0 unspecified atom stereocenters. The molecule has 0 amide bonds. The third-order valence-electron chi connectivity index (χ3n) is 6.12. The Morgan fingerprint density at radius 1 is 0.600 bits per heavy atom. The van der Waals surface area contributed by atoms with E-state index in [2.05, 4.69) is 96.5 Å². The number of aryl methyl sites for hydroxylation is 3. The number of fused-ring (bicyclic) bond motifs is 6. The standard InChI is InChI=1S/C27H21N3/c1-30-24-16-13-19-7-3-5-9-23(19)27(24)29-25(30)17-15-21-14-12-20-11-10-18-6-2-4-8-22(18)26(20)28-21/h2-14,16H,15,17H2,1H3. The van der Waals surface area contributed by atoms with E-state index in [9.17, 15) is 0 Å². The first-order valence-electron chi connectivity index (χ1n) is 10.4. The normalized spacial score (nSPS) is 11.8. The minimum absolute atomic E-state index is 0.864. The molecule has 0 spiro atoms. The number of imidazole rings is 1. The van der Waals surface area contributed by atoms with Gasteiger partial charge in [-0.1, -0.05) is 72.8 Å². The lowest BCUT2D eigenvalue weighted by Crippen LogP contribution is -2.01. The molecule has 0 aliphatic heterocycles. The van der Waals surface area contributed by atoms with Gasteiger partial charge in [0.25, 0.3) is 0 Å². The van der Waals surface area contributed by atoms with Crippen molar-refractivity contribution in [3.8, 4) is 0 Å². The Balaban J connectivity index is 1.38. The van der Waals surface area contributed by atoms with Crippen LogP contribution in [-0.2, 0) is 19.9 Å². The molecule has 6 rings (SSSR count). The minimum Gasteiger partial charge on any atom is -0.331 e. The highest BCUT2D eigenvalue weighted by Crippen LogP contribution is 2.27. The van der Waals surface area contributed by atoms with E-state index in [0.717, 1.165) is 35.4 Å². The molecule has 0 saturated heterocycles. The van der Waals surface area contributed by atoms with Crippen LogP contribution in [0.25, 0.3) is 43.5 Å². The third-order valence-corrected chi connectivity index (χ3v) is 6.12. The quantitative estimate of drug-likeness (QED) is 0.338. The Morgan fingerprint density at radius 2 is 1.23 bits per heavy atom. The van der Waals surface area contributed by atoms with Gasteiger partial charge in [-0.05, 0) is 29.3 Å². The van der Waals surface area contributed by atoms with E-state index >= 15 is 0 Å². The fraction of sp³-hybridized carbons (Fsp3) is 0.111. The van der Waals surface area contributed by atoms with Gasteiger partial charge in [0.05, 0.1) is 16.6 Å². The van der Waals surface area contributed by atoms with E-state index in [-0.39, 0.29) is 0 Å². The summed E-state index contributed by atoms with van der Waals surface area (Å²) in [5.41, 5.74) is 4.46. The van der Waals surface area contributed by atoms with Crippen molar-refractivity contribution in [2.24, 2.45) is 7.05 Å². The molecule has 0 saturated carbocycles. The van der Waals surface area contributed by atoms with Gasteiger partial charge in [0.15, 0.2) is 0 Å². The van der Waals surface area contributed by atoms with Gasteiger partial charge in [0, 0.05) is 35.3 Å². The first-order chi connectivity index (χ1) is 14.8. The monoisotopic (exact) mass is 387 g/mol. The number of aromatic nitrogens is 3. The van der Waals surface area contributed by atoms with Gasteiger partial charge in [-0.2, -0.15) is 0 Å². The van der Waals surface area contributed by atoms with Crippen molar-refractivity contribution >= 4 is 43.5 Å². The SMILES string of the molecule is Cn1c(CCc2ccc3ccc4ccccc4c3n2)nc2c3ccccc3ccc21. The van der Waals surface area contributed by atoms with Gasteiger partial charge in [-0.25, -0.2) is 4.98 Å². The molecule has 6 aromatic rings. The molecule has 0 N–H and O–H groups in total. The summed E-state index contributed by atoms with van der Waals surface area (Å²) < 4.78 is 2.22. The second-order valence-electron chi connectivity index (χ2n) is 7.90. The van der Waals surface area contributed by atoms with Crippen LogP contribution in [-0.4, -0.2) is 14.5 Å². The maximum atomic E-state index is 5.01. The van der Waals surface area contributed by atoms with Crippen LogP contribution in [0.15, 0.2) is 84.9 Å². The van der Waals surface area contributed by atoms with Crippen molar-refractivity contribution in [2.45, 2.75) is 12.8 Å². The Morgan fingerprint density at radius 3 is 2.03 bits per heavy atom. The van der Waals surface area contributed by atoms with Gasteiger partial charge in [0.2, 0.25) is 0 Å². The fourth-order valence-electron chi connectivity index (χ4n) is 4.48. The summed E-state index contributed by atoms with van der Waals surface area (Å²) in [6, 6.07) is 29.9. The zero-order chi connectivity index (χ0) is 20.1. The van der Waals surface area contributed by atoms with Crippen molar-refractivity contribution in [3.05, 3.63) is 96.4 Å². The summed E-state index contributed by atoms with van der Waals surface area (Å²) in [6.45, 7) is 0. The second-order valence-corrected chi connectivity index (χ2v) is 7.90. The number of hydrogen-bond acceptors (Lipinski definition) is 2. The summed E-state index contributed by atoms with van der Waals surface area (Å²) in [7, 11) is 2.11. The summed E-state index contributed by atoms with van der Waals surface area (Å²) in [6.07, 6.45) is 1.73. The predicted molar refractivity (Wildman–Crippen MR) is 125 cm³/mol. The molecular weight excluding hydrogens is 366 g/mol. The van der Waals surface area contributed by atoms with Crippen LogP contribution in [0.5, 0.6) is 0 Å². The van der Waals surface area contributed by atoms with E-state index < -0.39 is 0 Å². The van der Waals surface area contributed by atoms with Gasteiger partial charge >= 0.3 is 0 Å². The van der Waals surface area contributed by atoms with E-state index in [1.54, 1.807) is 0 Å². The first-order valence-corrected chi connectivity index (χ1v) is 10.4. The zero-order valence-electron chi connectivity index (χ0n) is 16.8. The minimum atomic E-state index is 0.864. The Labute approximate surface area is 174 Å². The van der Waals surface area contributed by atoms with Crippen LogP contribution >= 0.6 is 0 Å². The lowest BCUT2D eigenvalue weighted by molar-refractivity contribution is 0.778. The van der Waals surface area contributed by atoms with Gasteiger partial charge in [-0.15, -0.1) is 0 Å². The number of pyridine rings is 1. The van der Waals surface area contributed by atoms with Gasteiger partial charge < -0.3 is 4.57 Å². The van der Waals surface area contributed by atoms with Crippen molar-refractivity contribution in [1.82, 2.24) is 14.5 Å². The highest BCUT2D eigenvalue weighted by atomic mass is 15.1. The molecule has 3 nitrogen and oxygen atoms in total. The molecular formula is C27H21N3. The molecule has 2 aromatic heterocycles. The molecule has 4 aromatic carbocycles. The number of nitrogens with zero attached hydrogens (tertiary/aromatic N) is 3. The third kappa shape index (κ3) is 2.66. The zero-order valence-corrected chi connectivity index (χ0v) is 16.8. The van der Waals surface area contributed by atoms with Crippen LogP contribution in [0.2, 0.25) is 0 Å². The Kier molecular flexibility index (Phi) is 3.81. The van der Waals surface area contributed by atoms with Crippen molar-refractivity contribution < 1.29 is 0 Å². The molecule has 144 valence electrons. The lowest BCUT2D eigenvalue weighted by atomic mass is 10.1. The van der Waals surface area contributed by atoms with Crippen molar-refractivity contribution in [2.75, 3.05) is 0 Å². The lowest BCUT2D eigenvalue weighted by Gasteiger charge is -2.07. The molecule has 0 aliphatic carbocycles.